The van der Waals surface area contributed by atoms with Crippen LogP contribution in [0.2, 0.25) is 5.02 Å². The standard InChI is InChI=1S/C36H33ClFN5O4S/c1-22-4-7-27(8-5-22)48(46,47)43-12-10-28-33(41-13-11-39-23(2)21-41)17-25(18-34(28)43)30-20-26(38)19-29(35(30)44)24-6-9-32(31(37)16-24)42-15-14-40(3)36(42)45/h4-10,12,14-20,23,39,44H,11,13,21H2,1-3H3/t23-/m1/s1. The quantitative estimate of drug-likeness (QED) is 0.213. The molecule has 48 heavy (non-hydrogen) atoms. The fraction of sp³-hybridized carbons (Fsp3) is 0.194. The number of aromatic nitrogens is 3. The Balaban J connectivity index is 1.40. The normalized spacial score (nSPS) is 15.4. The van der Waals surface area contributed by atoms with E-state index in [1.54, 1.807) is 74.0 Å². The summed E-state index contributed by atoms with van der Waals surface area (Å²) in [6.45, 7) is 6.05. The maximum atomic E-state index is 15.5. The van der Waals surface area contributed by atoms with E-state index in [4.69, 9.17) is 11.6 Å². The van der Waals surface area contributed by atoms with Gasteiger partial charge in [-0.1, -0.05) is 35.4 Å². The molecule has 6 aromatic rings. The molecule has 2 N–H and O–H groups in total. The number of nitrogens with zero attached hydrogens (tertiary/aromatic N) is 4. The summed E-state index contributed by atoms with van der Waals surface area (Å²) in [4.78, 5) is 14.8. The number of anilines is 1. The van der Waals surface area contributed by atoms with E-state index in [0.717, 1.165) is 23.2 Å². The van der Waals surface area contributed by atoms with Gasteiger partial charge in [0.1, 0.15) is 11.6 Å². The number of hydrogen-bond acceptors (Lipinski definition) is 6. The number of nitrogens with one attached hydrogen (secondary N) is 1. The average Bonchev–Trinajstić information content (AvgIpc) is 3.65. The number of imidazole rings is 1. The lowest BCUT2D eigenvalue weighted by molar-refractivity contribution is 0.477. The highest BCUT2D eigenvalue weighted by Crippen LogP contribution is 2.43. The minimum absolute atomic E-state index is 0.141. The molecule has 246 valence electrons. The summed E-state index contributed by atoms with van der Waals surface area (Å²) in [6.07, 6.45) is 4.76. The highest BCUT2D eigenvalue weighted by Gasteiger charge is 2.25. The van der Waals surface area contributed by atoms with Crippen molar-refractivity contribution in [2.45, 2.75) is 24.8 Å². The molecule has 1 fully saturated rings. The molecule has 1 aliphatic heterocycles. The Labute approximate surface area is 282 Å². The lowest BCUT2D eigenvalue weighted by Gasteiger charge is -2.34. The van der Waals surface area contributed by atoms with Gasteiger partial charge in [0.05, 0.1) is 21.1 Å². The summed E-state index contributed by atoms with van der Waals surface area (Å²) in [5.41, 5.74) is 3.55. The third-order valence-electron chi connectivity index (χ3n) is 8.89. The summed E-state index contributed by atoms with van der Waals surface area (Å²) in [5, 5.41) is 16.1. The van der Waals surface area contributed by atoms with Crippen molar-refractivity contribution in [3.63, 3.8) is 0 Å². The van der Waals surface area contributed by atoms with Crippen molar-refractivity contribution in [1.82, 2.24) is 18.4 Å². The van der Waals surface area contributed by atoms with Crippen molar-refractivity contribution in [1.29, 1.82) is 0 Å². The Morgan fingerprint density at radius 1 is 0.917 bits per heavy atom. The number of benzene rings is 4. The SMILES string of the molecule is Cc1ccc(S(=O)(=O)n2ccc3c(N4CCN[C@H](C)C4)cc(-c4cc(F)cc(-c5ccc(-n6ccn(C)c6=O)c(Cl)c5)c4O)cc32)cc1. The predicted octanol–water partition coefficient (Wildman–Crippen LogP) is 6.31. The van der Waals surface area contributed by atoms with E-state index in [-0.39, 0.29) is 38.5 Å². The molecule has 0 radical (unpaired) electrons. The fourth-order valence-electron chi connectivity index (χ4n) is 6.36. The van der Waals surface area contributed by atoms with E-state index >= 15 is 4.39 Å². The highest BCUT2D eigenvalue weighted by atomic mass is 35.5. The zero-order chi connectivity index (χ0) is 33.9. The van der Waals surface area contributed by atoms with Crippen molar-refractivity contribution < 1.29 is 17.9 Å². The molecule has 1 saturated heterocycles. The number of fused-ring (bicyclic) bond motifs is 1. The van der Waals surface area contributed by atoms with Gasteiger partial charge in [-0.3, -0.25) is 4.57 Å². The number of aromatic hydroxyl groups is 1. The van der Waals surface area contributed by atoms with Gasteiger partial charge in [0.2, 0.25) is 0 Å². The van der Waals surface area contributed by atoms with Gasteiger partial charge in [0.25, 0.3) is 10.0 Å². The Hall–Kier alpha value is -4.84. The highest BCUT2D eigenvalue weighted by molar-refractivity contribution is 7.90. The first kappa shape index (κ1) is 31.7. The Bertz CT molecular complexity index is 2380. The average molecular weight is 686 g/mol. The third-order valence-corrected chi connectivity index (χ3v) is 10.9. The molecule has 1 atom stereocenters. The van der Waals surface area contributed by atoms with Gasteiger partial charge in [-0.05, 0) is 79.6 Å². The van der Waals surface area contributed by atoms with Crippen LogP contribution in [0, 0.1) is 12.7 Å². The van der Waals surface area contributed by atoms with Crippen molar-refractivity contribution in [3.8, 4) is 33.7 Å². The van der Waals surface area contributed by atoms with Gasteiger partial charge in [0.15, 0.2) is 0 Å². The van der Waals surface area contributed by atoms with Gasteiger partial charge >= 0.3 is 5.69 Å². The number of rotatable bonds is 6. The number of phenols is 1. The smallest absolute Gasteiger partial charge is 0.332 e. The molecule has 0 bridgehead atoms. The molecule has 9 nitrogen and oxygen atoms in total. The lowest BCUT2D eigenvalue weighted by atomic mass is 9.95. The monoisotopic (exact) mass is 685 g/mol. The molecule has 4 aromatic carbocycles. The number of phenolic OH excluding ortho intramolecular Hbond substituents is 1. The zero-order valence-corrected chi connectivity index (χ0v) is 28.1. The molecule has 0 spiro atoms. The maximum Gasteiger partial charge on any atom is 0.332 e. The molecule has 2 aromatic heterocycles. The fourth-order valence-corrected chi connectivity index (χ4v) is 7.97. The van der Waals surface area contributed by atoms with Gasteiger partial charge in [-0.25, -0.2) is 21.6 Å². The van der Waals surface area contributed by atoms with Crippen molar-refractivity contribution in [2.75, 3.05) is 24.5 Å². The van der Waals surface area contributed by atoms with Crippen LogP contribution < -0.4 is 15.9 Å². The van der Waals surface area contributed by atoms with E-state index in [0.29, 0.717) is 35.4 Å². The van der Waals surface area contributed by atoms with Crippen LogP contribution in [0.15, 0.2) is 101 Å². The summed E-state index contributed by atoms with van der Waals surface area (Å²) in [5.74, 6) is -0.798. The molecule has 0 aliphatic carbocycles. The van der Waals surface area contributed by atoms with Crippen LogP contribution in [-0.2, 0) is 17.1 Å². The van der Waals surface area contributed by atoms with Crippen molar-refractivity contribution in [3.05, 3.63) is 118 Å². The Morgan fingerprint density at radius 2 is 1.65 bits per heavy atom. The molecular weight excluding hydrogens is 653 g/mol. The van der Waals surface area contributed by atoms with Gasteiger partial charge in [0, 0.05) is 73.5 Å². The first-order valence-corrected chi connectivity index (χ1v) is 17.3. The minimum atomic E-state index is -3.99. The topological polar surface area (TPSA) is 102 Å². The van der Waals surface area contributed by atoms with Crippen LogP contribution >= 0.6 is 11.6 Å². The van der Waals surface area contributed by atoms with Crippen LogP contribution in [0.25, 0.3) is 38.8 Å². The molecule has 3 heterocycles. The number of hydrogen-bond donors (Lipinski definition) is 2. The van der Waals surface area contributed by atoms with E-state index in [9.17, 15) is 18.3 Å². The van der Waals surface area contributed by atoms with E-state index in [2.05, 4.69) is 17.1 Å². The van der Waals surface area contributed by atoms with Gasteiger partial charge in [-0.2, -0.15) is 0 Å². The van der Waals surface area contributed by atoms with Gasteiger partial charge in [-0.15, -0.1) is 0 Å². The molecular formula is C36H33ClFN5O4S. The van der Waals surface area contributed by atoms with Crippen LogP contribution in [0.3, 0.4) is 0 Å². The molecule has 1 aliphatic rings. The lowest BCUT2D eigenvalue weighted by Crippen LogP contribution is -2.49. The molecule has 7 rings (SSSR count). The number of piperazine rings is 1. The second-order valence-electron chi connectivity index (χ2n) is 12.2. The van der Waals surface area contributed by atoms with E-state index in [1.807, 2.05) is 13.0 Å². The third kappa shape index (κ3) is 5.47. The molecule has 0 saturated carbocycles. The Morgan fingerprint density at radius 3 is 2.31 bits per heavy atom. The van der Waals surface area contributed by atoms with Crippen LogP contribution in [-0.4, -0.2) is 52.3 Å². The minimum Gasteiger partial charge on any atom is -0.507 e. The summed E-state index contributed by atoms with van der Waals surface area (Å²) < 4.78 is 47.4. The van der Waals surface area contributed by atoms with E-state index in [1.165, 1.54) is 31.4 Å². The molecule has 0 unspecified atom stereocenters. The van der Waals surface area contributed by atoms with E-state index < -0.39 is 15.8 Å². The second-order valence-corrected chi connectivity index (χ2v) is 14.5. The van der Waals surface area contributed by atoms with Crippen LogP contribution in [0.4, 0.5) is 10.1 Å². The van der Waals surface area contributed by atoms with Gasteiger partial charge < -0.3 is 19.9 Å². The van der Waals surface area contributed by atoms with Crippen molar-refractivity contribution in [2.24, 2.45) is 7.05 Å². The largest absolute Gasteiger partial charge is 0.507 e. The maximum absolute atomic E-state index is 15.5. The zero-order valence-electron chi connectivity index (χ0n) is 26.5. The summed E-state index contributed by atoms with van der Waals surface area (Å²) in [6, 6.07) is 19.5. The molecule has 12 heteroatoms. The number of halogens is 2. The predicted molar refractivity (Wildman–Crippen MR) is 187 cm³/mol. The van der Waals surface area contributed by atoms with Crippen molar-refractivity contribution >= 4 is 38.2 Å². The summed E-state index contributed by atoms with van der Waals surface area (Å²) in [7, 11) is -2.36. The Kier molecular flexibility index (Phi) is 7.93. The van der Waals surface area contributed by atoms with Crippen LogP contribution in [0.5, 0.6) is 5.75 Å². The first-order chi connectivity index (χ1) is 22.9. The summed E-state index contributed by atoms with van der Waals surface area (Å²) >= 11 is 6.62. The first-order valence-electron chi connectivity index (χ1n) is 15.4. The second kappa shape index (κ2) is 12.0. The van der Waals surface area contributed by atoms with Crippen LogP contribution in [0.1, 0.15) is 12.5 Å². The molecule has 0 amide bonds. The number of aryl methyl sites for hydroxylation is 2.